The van der Waals surface area contributed by atoms with Gasteiger partial charge in [-0.1, -0.05) is 314 Å². The summed E-state index contributed by atoms with van der Waals surface area (Å²) in [5.74, 6) is -0.892. The first-order chi connectivity index (χ1) is 35.5. The highest BCUT2D eigenvalue weighted by Gasteiger charge is 2.19. The van der Waals surface area contributed by atoms with Gasteiger partial charge in [-0.2, -0.15) is 0 Å². The highest BCUT2D eigenvalue weighted by atomic mass is 16.6. The van der Waals surface area contributed by atoms with Crippen molar-refractivity contribution in [3.8, 4) is 0 Å². The third kappa shape index (κ3) is 58.5. The van der Waals surface area contributed by atoms with Crippen LogP contribution in [0.5, 0.6) is 0 Å². The van der Waals surface area contributed by atoms with Crippen molar-refractivity contribution in [1.82, 2.24) is 0 Å². The summed E-state index contributed by atoms with van der Waals surface area (Å²) in [5.41, 5.74) is 0. The first-order valence-electron chi connectivity index (χ1n) is 32.0. The second kappa shape index (κ2) is 61.2. The molecule has 0 spiro atoms. The van der Waals surface area contributed by atoms with Gasteiger partial charge in [-0.05, 0) is 51.4 Å². The van der Waals surface area contributed by atoms with Crippen LogP contribution in [0.25, 0.3) is 0 Å². The fourth-order valence-corrected chi connectivity index (χ4v) is 9.64. The minimum absolute atomic E-state index is 0.0762. The molecule has 1 atom stereocenters. The smallest absolute Gasteiger partial charge is 0.306 e. The van der Waals surface area contributed by atoms with E-state index >= 15 is 0 Å². The SMILES string of the molecule is CC/C=C\C/C=C\C/C=C\CCCCCCCC(=O)OC(COC(=O)CCCCCCC)COC(=O)CCCCCCCCCCCCCCCCCCCCCCCCCCCCCCCCCCCC. The summed E-state index contributed by atoms with van der Waals surface area (Å²) in [6.45, 7) is 6.47. The molecule has 0 amide bonds. The molecule has 0 bridgehead atoms. The number of rotatable bonds is 59. The predicted molar refractivity (Wildman–Crippen MR) is 312 cm³/mol. The number of hydrogen-bond donors (Lipinski definition) is 0. The number of carbonyl (C=O) groups is 3. The van der Waals surface area contributed by atoms with Gasteiger partial charge in [0, 0.05) is 19.3 Å². The minimum atomic E-state index is -0.775. The van der Waals surface area contributed by atoms with Crippen LogP contribution in [0.3, 0.4) is 0 Å². The largest absolute Gasteiger partial charge is 0.462 e. The van der Waals surface area contributed by atoms with Crippen LogP contribution in [0.2, 0.25) is 0 Å². The zero-order chi connectivity index (χ0) is 52.2. The number of unbranched alkanes of at least 4 members (excludes halogenated alkanes) is 42. The van der Waals surface area contributed by atoms with Crippen LogP contribution in [-0.2, 0) is 28.6 Å². The summed E-state index contributed by atoms with van der Waals surface area (Å²) in [7, 11) is 0. The van der Waals surface area contributed by atoms with E-state index in [1.807, 2.05) is 0 Å². The summed E-state index contributed by atoms with van der Waals surface area (Å²) in [5, 5.41) is 0. The van der Waals surface area contributed by atoms with Crippen molar-refractivity contribution in [2.75, 3.05) is 13.2 Å². The van der Waals surface area contributed by atoms with Gasteiger partial charge < -0.3 is 14.2 Å². The van der Waals surface area contributed by atoms with Gasteiger partial charge in [0.2, 0.25) is 0 Å². The molecule has 0 rings (SSSR count). The van der Waals surface area contributed by atoms with E-state index in [0.29, 0.717) is 19.3 Å². The fourth-order valence-electron chi connectivity index (χ4n) is 9.64. The van der Waals surface area contributed by atoms with Crippen LogP contribution < -0.4 is 0 Å². The van der Waals surface area contributed by atoms with Crippen LogP contribution in [0.15, 0.2) is 36.5 Å². The Bertz CT molecular complexity index is 1210. The molecule has 6 heteroatoms. The summed E-state index contributed by atoms with van der Waals surface area (Å²) in [6.07, 6.45) is 75.2. The zero-order valence-electron chi connectivity index (χ0n) is 48.5. The lowest BCUT2D eigenvalue weighted by Crippen LogP contribution is -2.30. The fraction of sp³-hybridized carbons (Fsp3) is 0.864. The molecule has 0 fully saturated rings. The third-order valence-corrected chi connectivity index (χ3v) is 14.4. The van der Waals surface area contributed by atoms with Crippen molar-refractivity contribution < 1.29 is 28.6 Å². The first kappa shape index (κ1) is 69.6. The van der Waals surface area contributed by atoms with E-state index in [-0.39, 0.29) is 31.1 Å². The van der Waals surface area contributed by atoms with Crippen LogP contribution in [0.1, 0.15) is 348 Å². The molecular formula is C66H122O6. The van der Waals surface area contributed by atoms with E-state index in [4.69, 9.17) is 14.2 Å². The Morgan fingerprint density at radius 1 is 0.292 bits per heavy atom. The van der Waals surface area contributed by atoms with E-state index in [1.165, 1.54) is 205 Å². The summed E-state index contributed by atoms with van der Waals surface area (Å²) in [4.78, 5) is 37.8. The monoisotopic (exact) mass is 1010 g/mol. The Balaban J connectivity index is 3.85. The summed E-state index contributed by atoms with van der Waals surface area (Å²) in [6, 6.07) is 0. The molecule has 0 saturated carbocycles. The molecule has 0 radical (unpaired) electrons. The van der Waals surface area contributed by atoms with Crippen molar-refractivity contribution in [1.29, 1.82) is 0 Å². The molecule has 0 aliphatic carbocycles. The van der Waals surface area contributed by atoms with Crippen molar-refractivity contribution in [3.05, 3.63) is 36.5 Å². The lowest BCUT2D eigenvalue weighted by molar-refractivity contribution is -0.167. The Kier molecular flexibility index (Phi) is 59.2. The molecule has 0 aliphatic heterocycles. The molecule has 422 valence electrons. The first-order valence-corrected chi connectivity index (χ1v) is 32.0. The minimum Gasteiger partial charge on any atom is -0.462 e. The van der Waals surface area contributed by atoms with Gasteiger partial charge in [0.1, 0.15) is 13.2 Å². The maximum Gasteiger partial charge on any atom is 0.306 e. The van der Waals surface area contributed by atoms with Crippen molar-refractivity contribution >= 4 is 17.9 Å². The molecule has 0 aromatic heterocycles. The average molecular weight is 1010 g/mol. The number of allylic oxidation sites excluding steroid dienone is 6. The highest BCUT2D eigenvalue weighted by Crippen LogP contribution is 2.18. The topological polar surface area (TPSA) is 78.9 Å². The summed E-state index contributed by atoms with van der Waals surface area (Å²) < 4.78 is 16.7. The van der Waals surface area contributed by atoms with Gasteiger partial charge in [-0.15, -0.1) is 0 Å². The Hall–Kier alpha value is -2.37. The Labute approximate surface area is 448 Å². The number of carbonyl (C=O) groups excluding carboxylic acids is 3. The van der Waals surface area contributed by atoms with Gasteiger partial charge in [-0.25, -0.2) is 0 Å². The average Bonchev–Trinajstić information content (AvgIpc) is 3.38. The molecule has 1 unspecified atom stereocenters. The molecule has 0 heterocycles. The Morgan fingerprint density at radius 2 is 0.542 bits per heavy atom. The maximum atomic E-state index is 12.8. The molecule has 0 N–H and O–H groups in total. The van der Waals surface area contributed by atoms with Gasteiger partial charge in [0.05, 0.1) is 0 Å². The second-order valence-electron chi connectivity index (χ2n) is 21.7. The van der Waals surface area contributed by atoms with E-state index < -0.39 is 6.10 Å². The molecule has 0 saturated heterocycles. The van der Waals surface area contributed by atoms with Crippen LogP contribution >= 0.6 is 0 Å². The predicted octanol–water partition coefficient (Wildman–Crippen LogP) is 21.6. The van der Waals surface area contributed by atoms with Crippen molar-refractivity contribution in [2.24, 2.45) is 0 Å². The van der Waals surface area contributed by atoms with Gasteiger partial charge in [0.15, 0.2) is 6.10 Å². The van der Waals surface area contributed by atoms with Gasteiger partial charge in [0.25, 0.3) is 0 Å². The number of hydrogen-bond acceptors (Lipinski definition) is 6. The standard InChI is InChI=1S/C66H122O6/c1-4-7-10-13-15-17-19-21-23-24-25-26-27-28-29-30-31-32-33-34-35-36-37-38-39-40-41-43-44-46-48-50-53-56-59-65(68)71-62-63(61-70-64(67)58-55-52-12-9-6-3)72-66(69)60-57-54-51-49-47-45-42-22-20-18-16-14-11-8-5-2/h8,11,16,18,22,42,63H,4-7,9-10,12-15,17,19-21,23-41,43-62H2,1-3H3/b11-8-,18-16-,42-22-. The third-order valence-electron chi connectivity index (χ3n) is 14.4. The van der Waals surface area contributed by atoms with E-state index in [9.17, 15) is 14.4 Å². The van der Waals surface area contributed by atoms with Crippen molar-refractivity contribution in [3.63, 3.8) is 0 Å². The van der Waals surface area contributed by atoms with E-state index in [0.717, 1.165) is 103 Å². The Morgan fingerprint density at radius 3 is 0.847 bits per heavy atom. The van der Waals surface area contributed by atoms with E-state index in [2.05, 4.69) is 57.2 Å². The molecule has 0 aliphatic rings. The highest BCUT2D eigenvalue weighted by molar-refractivity contribution is 5.71. The number of esters is 3. The van der Waals surface area contributed by atoms with Crippen LogP contribution in [0, 0.1) is 0 Å². The molecule has 72 heavy (non-hydrogen) atoms. The van der Waals surface area contributed by atoms with E-state index in [1.54, 1.807) is 0 Å². The molecule has 6 nitrogen and oxygen atoms in total. The van der Waals surface area contributed by atoms with Gasteiger partial charge >= 0.3 is 17.9 Å². The normalized spacial score (nSPS) is 12.2. The lowest BCUT2D eigenvalue weighted by atomic mass is 10.0. The van der Waals surface area contributed by atoms with Crippen LogP contribution in [0.4, 0.5) is 0 Å². The maximum absolute atomic E-state index is 12.8. The summed E-state index contributed by atoms with van der Waals surface area (Å²) >= 11 is 0. The lowest BCUT2D eigenvalue weighted by Gasteiger charge is -2.18. The zero-order valence-corrected chi connectivity index (χ0v) is 48.5. The number of ether oxygens (including phenoxy) is 3. The van der Waals surface area contributed by atoms with Gasteiger partial charge in [-0.3, -0.25) is 14.4 Å². The molecule has 0 aromatic carbocycles. The molecule has 0 aromatic rings. The van der Waals surface area contributed by atoms with Crippen molar-refractivity contribution in [2.45, 2.75) is 354 Å². The molecular weight excluding hydrogens is 889 g/mol. The van der Waals surface area contributed by atoms with Crippen LogP contribution in [-0.4, -0.2) is 37.2 Å². The second-order valence-corrected chi connectivity index (χ2v) is 21.7. The quantitative estimate of drug-likeness (QED) is 0.0261.